The van der Waals surface area contributed by atoms with Crippen molar-refractivity contribution in [2.45, 2.75) is 25.7 Å². The topological polar surface area (TPSA) is 38.1 Å². The van der Waals surface area contributed by atoms with E-state index >= 15 is 0 Å². The van der Waals surface area contributed by atoms with Crippen LogP contribution in [0.3, 0.4) is 0 Å². The van der Waals surface area contributed by atoms with E-state index in [0.29, 0.717) is 15.6 Å². The number of likely N-dealkylation sites (N-methyl/N-ethyl adjacent to an activating group) is 1. The van der Waals surface area contributed by atoms with Crippen molar-refractivity contribution in [3.8, 4) is 0 Å². The van der Waals surface area contributed by atoms with E-state index < -0.39 is 12.7 Å². The van der Waals surface area contributed by atoms with Crippen molar-refractivity contribution in [2.75, 3.05) is 7.05 Å². The highest BCUT2D eigenvalue weighted by atomic mass is 35.5. The molecule has 1 aromatic heterocycles. The van der Waals surface area contributed by atoms with Crippen molar-refractivity contribution in [3.63, 3.8) is 0 Å². The molecule has 0 saturated carbocycles. The quantitative estimate of drug-likeness (QED) is 0.788. The molecule has 0 aliphatic heterocycles. The summed E-state index contributed by atoms with van der Waals surface area (Å²) < 4.78 is 38.5. The van der Waals surface area contributed by atoms with Gasteiger partial charge in [-0.25, -0.2) is 4.98 Å². The van der Waals surface area contributed by atoms with Crippen LogP contribution in [0.5, 0.6) is 0 Å². The predicted octanol–water partition coefficient (Wildman–Crippen LogP) is 3.95. The molecule has 24 heavy (non-hydrogen) atoms. The van der Waals surface area contributed by atoms with Gasteiger partial charge in [-0.05, 0) is 17.7 Å². The molecule has 0 fully saturated rings. The maximum atomic E-state index is 12.5. The summed E-state index contributed by atoms with van der Waals surface area (Å²) in [5.41, 5.74) is 0.667. The Bertz CT molecular complexity index is 731. The largest absolute Gasteiger partial charge is 0.406 e. The van der Waals surface area contributed by atoms with Crippen LogP contribution in [-0.2, 0) is 24.3 Å². The fraction of sp³-hybridized carbons (Fsp3) is 0.333. The second kappa shape index (κ2) is 7.44. The van der Waals surface area contributed by atoms with Crippen LogP contribution in [0.25, 0.3) is 0 Å². The number of amides is 1. The zero-order valence-corrected chi connectivity index (χ0v) is 14.2. The van der Waals surface area contributed by atoms with Gasteiger partial charge in [0.15, 0.2) is 0 Å². The van der Waals surface area contributed by atoms with Crippen LogP contribution in [0.15, 0.2) is 30.6 Å². The standard InChI is InChI=1S/C15H14Cl2F3N3O/c1-22(8-13-21-4-5-23(13)9-15(18,19)20)14(24)7-10-2-3-11(16)12(17)6-10/h2-6H,7-9H2,1H3. The third-order valence-corrected chi connectivity index (χ3v) is 4.03. The molecule has 0 bridgehead atoms. The lowest BCUT2D eigenvalue weighted by Crippen LogP contribution is -2.30. The molecule has 4 nitrogen and oxygen atoms in total. The summed E-state index contributed by atoms with van der Waals surface area (Å²) in [7, 11) is 1.51. The summed E-state index contributed by atoms with van der Waals surface area (Å²) in [6, 6.07) is 4.84. The predicted molar refractivity (Wildman–Crippen MR) is 84.9 cm³/mol. The van der Waals surface area contributed by atoms with E-state index in [2.05, 4.69) is 4.98 Å². The molecular formula is C15H14Cl2F3N3O. The van der Waals surface area contributed by atoms with Crippen molar-refractivity contribution in [1.29, 1.82) is 0 Å². The van der Waals surface area contributed by atoms with Gasteiger partial charge in [0.2, 0.25) is 5.91 Å². The molecule has 0 aliphatic carbocycles. The number of imidazole rings is 1. The smallest absolute Gasteiger partial charge is 0.338 e. The van der Waals surface area contributed by atoms with Gasteiger partial charge >= 0.3 is 6.18 Å². The van der Waals surface area contributed by atoms with Gasteiger partial charge in [0, 0.05) is 19.4 Å². The number of alkyl halides is 3. The molecule has 0 saturated heterocycles. The highest BCUT2D eigenvalue weighted by molar-refractivity contribution is 6.42. The SMILES string of the molecule is CN(Cc1nccn1CC(F)(F)F)C(=O)Cc1ccc(Cl)c(Cl)c1. The first-order valence-electron chi connectivity index (χ1n) is 6.90. The number of carbonyl (C=O) groups is 1. The monoisotopic (exact) mass is 379 g/mol. The first-order valence-corrected chi connectivity index (χ1v) is 7.66. The Morgan fingerprint density at radius 1 is 1.29 bits per heavy atom. The molecule has 1 aromatic carbocycles. The van der Waals surface area contributed by atoms with Crippen LogP contribution in [-0.4, -0.2) is 33.6 Å². The number of carbonyl (C=O) groups excluding carboxylic acids is 1. The molecule has 0 aliphatic rings. The van der Waals surface area contributed by atoms with Crippen molar-refractivity contribution in [1.82, 2.24) is 14.5 Å². The summed E-state index contributed by atoms with van der Waals surface area (Å²) in [5, 5.41) is 0.723. The number of benzene rings is 1. The minimum atomic E-state index is -4.35. The Kier molecular flexibility index (Phi) is 5.77. The Balaban J connectivity index is 2.01. The molecule has 0 spiro atoms. The number of rotatable bonds is 5. The van der Waals surface area contributed by atoms with Crippen LogP contribution in [0.2, 0.25) is 10.0 Å². The Morgan fingerprint density at radius 3 is 2.62 bits per heavy atom. The van der Waals surface area contributed by atoms with E-state index in [-0.39, 0.29) is 24.7 Å². The molecule has 0 radical (unpaired) electrons. The average Bonchev–Trinajstić information content (AvgIpc) is 2.88. The van der Waals surface area contributed by atoms with Gasteiger partial charge in [-0.15, -0.1) is 0 Å². The van der Waals surface area contributed by atoms with Gasteiger partial charge in [-0.3, -0.25) is 4.79 Å². The van der Waals surface area contributed by atoms with E-state index in [1.54, 1.807) is 18.2 Å². The summed E-state index contributed by atoms with van der Waals surface area (Å²) in [6.45, 7) is -1.17. The highest BCUT2D eigenvalue weighted by Crippen LogP contribution is 2.23. The van der Waals surface area contributed by atoms with Crippen molar-refractivity contribution < 1.29 is 18.0 Å². The molecule has 130 valence electrons. The second-order valence-electron chi connectivity index (χ2n) is 5.26. The number of halogens is 5. The Hall–Kier alpha value is -1.73. The van der Waals surface area contributed by atoms with Gasteiger partial charge in [0.05, 0.1) is 23.0 Å². The Labute approximate surface area is 146 Å². The van der Waals surface area contributed by atoms with Crippen LogP contribution < -0.4 is 0 Å². The van der Waals surface area contributed by atoms with E-state index in [1.807, 2.05) is 0 Å². The van der Waals surface area contributed by atoms with Crippen LogP contribution in [0, 0.1) is 0 Å². The molecule has 0 N–H and O–H groups in total. The first-order chi connectivity index (χ1) is 11.2. The zero-order valence-electron chi connectivity index (χ0n) is 12.6. The highest BCUT2D eigenvalue weighted by Gasteiger charge is 2.29. The minimum absolute atomic E-state index is 0.0246. The number of hydrogen-bond donors (Lipinski definition) is 0. The molecular weight excluding hydrogens is 366 g/mol. The van der Waals surface area contributed by atoms with E-state index in [9.17, 15) is 18.0 Å². The lowest BCUT2D eigenvalue weighted by Gasteiger charge is -2.18. The van der Waals surface area contributed by atoms with Crippen LogP contribution in [0.4, 0.5) is 13.2 Å². The van der Waals surface area contributed by atoms with E-state index in [1.165, 1.54) is 24.3 Å². The van der Waals surface area contributed by atoms with Gasteiger partial charge in [-0.1, -0.05) is 29.3 Å². The molecule has 0 unspecified atom stereocenters. The fourth-order valence-corrected chi connectivity index (χ4v) is 2.41. The normalized spacial score (nSPS) is 11.6. The molecule has 0 atom stereocenters. The lowest BCUT2D eigenvalue weighted by molar-refractivity contribution is -0.141. The maximum absolute atomic E-state index is 12.5. The molecule has 2 aromatic rings. The van der Waals surface area contributed by atoms with Crippen molar-refractivity contribution in [3.05, 3.63) is 52.0 Å². The molecule has 2 rings (SSSR count). The third-order valence-electron chi connectivity index (χ3n) is 3.30. The number of hydrogen-bond acceptors (Lipinski definition) is 2. The lowest BCUT2D eigenvalue weighted by atomic mass is 10.1. The second-order valence-corrected chi connectivity index (χ2v) is 6.08. The average molecular weight is 380 g/mol. The minimum Gasteiger partial charge on any atom is -0.338 e. The zero-order chi connectivity index (χ0) is 17.9. The Morgan fingerprint density at radius 2 is 2.00 bits per heavy atom. The molecule has 1 amide bonds. The molecule has 1 heterocycles. The van der Waals surface area contributed by atoms with Crippen LogP contribution >= 0.6 is 23.2 Å². The first kappa shape index (κ1) is 18.6. The summed E-state index contributed by atoms with van der Waals surface area (Å²) >= 11 is 11.7. The summed E-state index contributed by atoms with van der Waals surface area (Å²) in [4.78, 5) is 17.4. The number of aromatic nitrogens is 2. The maximum Gasteiger partial charge on any atom is 0.406 e. The van der Waals surface area contributed by atoms with Gasteiger partial charge in [-0.2, -0.15) is 13.2 Å². The van der Waals surface area contributed by atoms with E-state index in [0.717, 1.165) is 4.57 Å². The van der Waals surface area contributed by atoms with Gasteiger partial charge in [0.25, 0.3) is 0 Å². The van der Waals surface area contributed by atoms with Gasteiger partial charge < -0.3 is 9.47 Å². The van der Waals surface area contributed by atoms with Crippen molar-refractivity contribution in [2.24, 2.45) is 0 Å². The van der Waals surface area contributed by atoms with Crippen LogP contribution in [0.1, 0.15) is 11.4 Å². The van der Waals surface area contributed by atoms with Crippen molar-refractivity contribution >= 4 is 29.1 Å². The fourth-order valence-electron chi connectivity index (χ4n) is 2.09. The number of nitrogens with zero attached hydrogens (tertiary/aromatic N) is 3. The molecule has 9 heteroatoms. The van der Waals surface area contributed by atoms with E-state index in [4.69, 9.17) is 23.2 Å². The third kappa shape index (κ3) is 5.14. The summed E-state index contributed by atoms with van der Waals surface area (Å²) in [5.74, 6) is -0.104. The summed E-state index contributed by atoms with van der Waals surface area (Å²) in [6.07, 6.45) is -1.77. The van der Waals surface area contributed by atoms with Gasteiger partial charge in [0.1, 0.15) is 12.4 Å².